The Hall–Kier alpha value is -5.47. The minimum absolute atomic E-state index is 0. The molecule has 2 nitrogen and oxygen atoms in total. The first-order chi connectivity index (χ1) is 24.0. The van der Waals surface area contributed by atoms with Gasteiger partial charge in [-0.1, -0.05) is 122 Å². The van der Waals surface area contributed by atoms with Crippen LogP contribution in [0.2, 0.25) is 0 Å². The smallest absolute Gasteiger partial charge is 0.0239 e. The number of hydrogen-bond acceptors (Lipinski definition) is 2. The van der Waals surface area contributed by atoms with Crippen molar-refractivity contribution in [1.29, 1.82) is 0 Å². The van der Waals surface area contributed by atoms with E-state index in [9.17, 15) is 0 Å². The molecular weight excluding hydrogens is 785 g/mol. The maximum absolute atomic E-state index is 4.63. The summed E-state index contributed by atoms with van der Waals surface area (Å²) in [5, 5.41) is 2.36. The third-order valence-electron chi connectivity index (χ3n) is 8.79. The van der Waals surface area contributed by atoms with Gasteiger partial charge in [-0.3, -0.25) is 0 Å². The number of pyridine rings is 2. The van der Waals surface area contributed by atoms with E-state index in [-0.39, 0.29) is 20.1 Å². The Morgan fingerprint density at radius 3 is 1.76 bits per heavy atom. The average Bonchev–Trinajstić information content (AvgIpc) is 3.16. The zero-order chi connectivity index (χ0) is 33.6. The number of rotatable bonds is 5. The molecule has 2 heterocycles. The van der Waals surface area contributed by atoms with Gasteiger partial charge in [-0.15, -0.1) is 70.8 Å². The summed E-state index contributed by atoms with van der Waals surface area (Å²) in [6.45, 7) is 6.38. The maximum Gasteiger partial charge on any atom is 0.0239 e. The molecule has 0 fully saturated rings. The van der Waals surface area contributed by atoms with Gasteiger partial charge < -0.3 is 9.97 Å². The number of aromatic nitrogens is 2. The van der Waals surface area contributed by atoms with Gasteiger partial charge >= 0.3 is 0 Å². The van der Waals surface area contributed by atoms with E-state index < -0.39 is 0 Å². The van der Waals surface area contributed by atoms with Crippen LogP contribution in [0.1, 0.15) is 16.7 Å². The monoisotopic (exact) mass is 821 g/mol. The van der Waals surface area contributed by atoms with Crippen molar-refractivity contribution in [3.05, 3.63) is 193 Å². The van der Waals surface area contributed by atoms with E-state index in [0.29, 0.717) is 0 Å². The van der Waals surface area contributed by atoms with Gasteiger partial charge in [0.25, 0.3) is 0 Å². The molecule has 0 saturated heterocycles. The molecule has 6 aromatic carbocycles. The summed E-state index contributed by atoms with van der Waals surface area (Å²) in [6.07, 6.45) is 3.89. The van der Waals surface area contributed by atoms with E-state index in [2.05, 4.69) is 170 Å². The number of nitrogens with zero attached hydrogens (tertiary/aromatic N) is 2. The number of hydrogen-bond donors (Lipinski definition) is 0. The quantitative estimate of drug-likeness (QED) is 0.162. The van der Waals surface area contributed by atoms with E-state index in [4.69, 9.17) is 0 Å². The second kappa shape index (κ2) is 15.8. The van der Waals surface area contributed by atoms with Gasteiger partial charge in [-0.2, -0.15) is 0 Å². The van der Waals surface area contributed by atoms with Crippen molar-refractivity contribution in [2.45, 2.75) is 20.8 Å². The average molecular weight is 821 g/mol. The fourth-order valence-corrected chi connectivity index (χ4v) is 6.05. The molecular formula is C47H36IrN2-2. The first kappa shape index (κ1) is 34.4. The molecule has 0 amide bonds. The van der Waals surface area contributed by atoms with Crippen molar-refractivity contribution in [3.8, 4) is 55.9 Å². The van der Waals surface area contributed by atoms with Gasteiger partial charge in [0.1, 0.15) is 0 Å². The molecule has 8 aromatic rings. The second-order valence-electron chi connectivity index (χ2n) is 12.3. The molecule has 2 aromatic heterocycles. The fraction of sp³-hybridized carbons (Fsp3) is 0.0638. The van der Waals surface area contributed by atoms with Crippen LogP contribution in [0.4, 0.5) is 0 Å². The topological polar surface area (TPSA) is 25.8 Å². The Labute approximate surface area is 308 Å². The SMILES string of the molecule is Cc1c[c-]c(-c2cc(-c3ccc(-c4ccccc4)cc3C)c(C)cn2)cc1.[Ir].[c-]1ccc(-c2ccccc2)cc1-c1cc2ccccc2cn1. The molecule has 1 radical (unpaired) electrons. The van der Waals surface area contributed by atoms with Crippen LogP contribution in [0.25, 0.3) is 66.7 Å². The molecule has 0 bridgehead atoms. The van der Waals surface area contributed by atoms with Gasteiger partial charge in [-0.25, -0.2) is 0 Å². The molecule has 3 heteroatoms. The summed E-state index contributed by atoms with van der Waals surface area (Å²) in [5.41, 5.74) is 15.0. The van der Waals surface area contributed by atoms with E-state index >= 15 is 0 Å². The fourth-order valence-electron chi connectivity index (χ4n) is 6.05. The zero-order valence-corrected chi connectivity index (χ0v) is 30.7. The van der Waals surface area contributed by atoms with E-state index in [0.717, 1.165) is 27.9 Å². The number of benzene rings is 6. The van der Waals surface area contributed by atoms with Crippen molar-refractivity contribution < 1.29 is 20.1 Å². The van der Waals surface area contributed by atoms with Gasteiger partial charge in [0.15, 0.2) is 0 Å². The summed E-state index contributed by atoms with van der Waals surface area (Å²) in [7, 11) is 0. The summed E-state index contributed by atoms with van der Waals surface area (Å²) in [5.74, 6) is 0. The van der Waals surface area contributed by atoms with Gasteiger partial charge in [0.2, 0.25) is 0 Å². The maximum atomic E-state index is 4.63. The molecule has 0 aliphatic heterocycles. The Bertz CT molecular complexity index is 2350. The van der Waals surface area contributed by atoms with Crippen molar-refractivity contribution >= 4 is 10.8 Å². The first-order valence-electron chi connectivity index (χ1n) is 16.6. The van der Waals surface area contributed by atoms with Crippen LogP contribution in [0, 0.1) is 32.9 Å². The van der Waals surface area contributed by atoms with Crippen LogP contribution in [0.5, 0.6) is 0 Å². The standard InChI is InChI=1S/C26H22N.C21H14N.Ir/c1-18-9-11-22(12-10-18)26-16-25(20(3)17-27-26)24-14-13-23(15-19(24)2)21-7-5-4-6-8-21;1-2-7-16(8-3-1)17-11-6-12-19(13-17)21-14-18-9-4-5-10-20(18)15-22-21;/h4-11,13-17H,1-3H3;1-11,13-15H;/q2*-1;. The van der Waals surface area contributed by atoms with Crippen LogP contribution in [-0.4, -0.2) is 9.97 Å². The Balaban J connectivity index is 0.000000173. The van der Waals surface area contributed by atoms with Gasteiger partial charge in [0, 0.05) is 32.5 Å². The third kappa shape index (κ3) is 7.87. The minimum atomic E-state index is 0. The number of aryl methyl sites for hydroxylation is 3. The van der Waals surface area contributed by atoms with E-state index in [1.165, 1.54) is 55.5 Å². The molecule has 0 aliphatic rings. The largest absolute Gasteiger partial charge is 0.304 e. The van der Waals surface area contributed by atoms with Crippen LogP contribution < -0.4 is 0 Å². The van der Waals surface area contributed by atoms with E-state index in [1.54, 1.807) is 0 Å². The van der Waals surface area contributed by atoms with Crippen LogP contribution >= 0.6 is 0 Å². The molecule has 245 valence electrons. The Morgan fingerprint density at radius 2 is 1.08 bits per heavy atom. The zero-order valence-electron chi connectivity index (χ0n) is 28.3. The summed E-state index contributed by atoms with van der Waals surface area (Å²) in [6, 6.07) is 59.2. The van der Waals surface area contributed by atoms with Crippen molar-refractivity contribution in [3.63, 3.8) is 0 Å². The van der Waals surface area contributed by atoms with Crippen LogP contribution in [0.15, 0.2) is 164 Å². The van der Waals surface area contributed by atoms with Crippen molar-refractivity contribution in [2.75, 3.05) is 0 Å². The van der Waals surface area contributed by atoms with Gasteiger partial charge in [-0.05, 0) is 75.0 Å². The van der Waals surface area contributed by atoms with Crippen molar-refractivity contribution in [1.82, 2.24) is 9.97 Å². The first-order valence-corrected chi connectivity index (χ1v) is 16.6. The molecule has 0 N–H and O–H groups in total. The molecule has 0 aliphatic carbocycles. The predicted octanol–water partition coefficient (Wildman–Crippen LogP) is 12.2. The number of fused-ring (bicyclic) bond motifs is 1. The second-order valence-corrected chi connectivity index (χ2v) is 12.3. The van der Waals surface area contributed by atoms with Crippen LogP contribution in [0.3, 0.4) is 0 Å². The molecule has 50 heavy (non-hydrogen) atoms. The third-order valence-corrected chi connectivity index (χ3v) is 8.79. The molecule has 8 rings (SSSR count). The molecule has 0 spiro atoms. The van der Waals surface area contributed by atoms with Gasteiger partial charge in [0.05, 0.1) is 0 Å². The Kier molecular flexibility index (Phi) is 10.9. The molecule has 0 saturated carbocycles. The molecule has 0 unspecified atom stereocenters. The Morgan fingerprint density at radius 1 is 0.440 bits per heavy atom. The van der Waals surface area contributed by atoms with Crippen LogP contribution in [-0.2, 0) is 20.1 Å². The summed E-state index contributed by atoms with van der Waals surface area (Å²) in [4.78, 5) is 9.21. The summed E-state index contributed by atoms with van der Waals surface area (Å²) < 4.78 is 0. The predicted molar refractivity (Wildman–Crippen MR) is 205 cm³/mol. The summed E-state index contributed by atoms with van der Waals surface area (Å²) >= 11 is 0. The molecule has 0 atom stereocenters. The minimum Gasteiger partial charge on any atom is -0.304 e. The van der Waals surface area contributed by atoms with E-state index in [1.807, 2.05) is 36.7 Å². The van der Waals surface area contributed by atoms with Crippen molar-refractivity contribution in [2.24, 2.45) is 0 Å². The normalized spacial score (nSPS) is 10.5.